The van der Waals surface area contributed by atoms with Crippen molar-refractivity contribution < 1.29 is 14.6 Å². The van der Waals surface area contributed by atoms with Crippen LogP contribution in [-0.2, 0) is 17.8 Å². The van der Waals surface area contributed by atoms with Crippen molar-refractivity contribution in [3.8, 4) is 5.75 Å². The second-order valence-corrected chi connectivity index (χ2v) is 3.43. The maximum atomic E-state index is 10.9. The number of benzene rings is 1. The van der Waals surface area contributed by atoms with Crippen molar-refractivity contribution in [3.05, 3.63) is 29.3 Å². The standard InChI is InChI=1S/C12H17NO3/c1-3-10-6-9(4-5-11(10)16-2)7-13-12(15)8-14/h4-6,14H,3,7-8H2,1-2H3,(H,13,15). The zero-order valence-corrected chi connectivity index (χ0v) is 9.62. The first kappa shape index (κ1) is 12.5. The Bertz CT molecular complexity index is 363. The lowest BCUT2D eigenvalue weighted by atomic mass is 10.1. The van der Waals surface area contributed by atoms with Gasteiger partial charge in [-0.3, -0.25) is 4.79 Å². The van der Waals surface area contributed by atoms with Gasteiger partial charge in [-0.1, -0.05) is 19.1 Å². The molecule has 2 N–H and O–H groups in total. The molecule has 16 heavy (non-hydrogen) atoms. The first-order valence-electron chi connectivity index (χ1n) is 5.24. The van der Waals surface area contributed by atoms with Gasteiger partial charge < -0.3 is 15.2 Å². The summed E-state index contributed by atoms with van der Waals surface area (Å²) in [6, 6.07) is 5.78. The minimum absolute atomic E-state index is 0.367. The van der Waals surface area contributed by atoms with Gasteiger partial charge in [0.25, 0.3) is 0 Å². The molecule has 1 aromatic carbocycles. The second kappa shape index (κ2) is 6.12. The minimum Gasteiger partial charge on any atom is -0.496 e. The van der Waals surface area contributed by atoms with Gasteiger partial charge in [-0.15, -0.1) is 0 Å². The van der Waals surface area contributed by atoms with Gasteiger partial charge in [0, 0.05) is 6.54 Å². The smallest absolute Gasteiger partial charge is 0.245 e. The van der Waals surface area contributed by atoms with Gasteiger partial charge in [0.1, 0.15) is 12.4 Å². The highest BCUT2D eigenvalue weighted by molar-refractivity contribution is 5.76. The molecule has 0 bridgehead atoms. The van der Waals surface area contributed by atoms with Crippen molar-refractivity contribution in [1.82, 2.24) is 5.32 Å². The molecule has 0 fully saturated rings. The van der Waals surface area contributed by atoms with E-state index in [1.54, 1.807) is 7.11 Å². The van der Waals surface area contributed by atoms with Gasteiger partial charge >= 0.3 is 0 Å². The Balaban J connectivity index is 2.71. The molecule has 4 heteroatoms. The van der Waals surface area contributed by atoms with Crippen LogP contribution in [-0.4, -0.2) is 24.7 Å². The van der Waals surface area contributed by atoms with Crippen LogP contribution in [0.2, 0.25) is 0 Å². The number of amides is 1. The van der Waals surface area contributed by atoms with E-state index in [4.69, 9.17) is 9.84 Å². The molecule has 1 rings (SSSR count). The lowest BCUT2D eigenvalue weighted by Crippen LogP contribution is -2.25. The van der Waals surface area contributed by atoms with Crippen LogP contribution in [0.15, 0.2) is 18.2 Å². The molecular formula is C12H17NO3. The van der Waals surface area contributed by atoms with E-state index in [9.17, 15) is 4.79 Å². The first-order valence-corrected chi connectivity index (χ1v) is 5.24. The van der Waals surface area contributed by atoms with Crippen LogP contribution in [0.3, 0.4) is 0 Å². The highest BCUT2D eigenvalue weighted by Gasteiger charge is 2.03. The largest absolute Gasteiger partial charge is 0.496 e. The summed E-state index contributed by atoms with van der Waals surface area (Å²) in [7, 11) is 1.64. The molecule has 0 aromatic heterocycles. The second-order valence-electron chi connectivity index (χ2n) is 3.43. The lowest BCUT2D eigenvalue weighted by Gasteiger charge is -2.09. The van der Waals surface area contributed by atoms with Gasteiger partial charge in [-0.05, 0) is 23.6 Å². The van der Waals surface area contributed by atoms with Crippen molar-refractivity contribution in [3.63, 3.8) is 0 Å². The molecule has 0 aliphatic heterocycles. The molecule has 1 aromatic rings. The summed E-state index contributed by atoms with van der Waals surface area (Å²) < 4.78 is 5.21. The lowest BCUT2D eigenvalue weighted by molar-refractivity contribution is -0.123. The summed E-state index contributed by atoms with van der Waals surface area (Å²) >= 11 is 0. The van der Waals surface area contributed by atoms with Crippen LogP contribution in [0.5, 0.6) is 5.75 Å². The van der Waals surface area contributed by atoms with Crippen LogP contribution < -0.4 is 10.1 Å². The van der Waals surface area contributed by atoms with Gasteiger partial charge in [0.15, 0.2) is 0 Å². The molecule has 0 atom stereocenters. The summed E-state index contributed by atoms with van der Waals surface area (Å²) in [6.45, 7) is 2.00. The molecule has 0 radical (unpaired) electrons. The fourth-order valence-corrected chi connectivity index (χ4v) is 1.47. The molecular weight excluding hydrogens is 206 g/mol. The SMILES string of the molecule is CCc1cc(CNC(=O)CO)ccc1OC. The number of rotatable bonds is 5. The van der Waals surface area contributed by atoms with Gasteiger partial charge in [0.05, 0.1) is 7.11 Å². The number of aliphatic hydroxyl groups excluding tert-OH is 1. The summed E-state index contributed by atoms with van der Waals surface area (Å²) in [5, 5.41) is 11.2. The van der Waals surface area contributed by atoms with E-state index in [-0.39, 0.29) is 5.91 Å². The molecule has 0 spiro atoms. The zero-order valence-electron chi connectivity index (χ0n) is 9.62. The Morgan fingerprint density at radius 1 is 1.50 bits per heavy atom. The Hall–Kier alpha value is -1.55. The maximum Gasteiger partial charge on any atom is 0.245 e. The Labute approximate surface area is 95.2 Å². The molecule has 4 nitrogen and oxygen atoms in total. The van der Waals surface area contributed by atoms with Crippen LogP contribution in [0, 0.1) is 0 Å². The summed E-state index contributed by atoms with van der Waals surface area (Å²) in [4.78, 5) is 10.9. The third-order valence-corrected chi connectivity index (χ3v) is 2.36. The number of aliphatic hydroxyl groups is 1. The third kappa shape index (κ3) is 3.24. The number of ether oxygens (including phenoxy) is 1. The predicted octanol–water partition coefficient (Wildman–Crippen LogP) is 0.866. The van der Waals surface area contributed by atoms with Gasteiger partial charge in [-0.2, -0.15) is 0 Å². The van der Waals surface area contributed by atoms with E-state index < -0.39 is 6.61 Å². The molecule has 0 aliphatic rings. The topological polar surface area (TPSA) is 58.6 Å². The molecule has 0 aliphatic carbocycles. The number of nitrogens with one attached hydrogen (secondary N) is 1. The van der Waals surface area contributed by atoms with Crippen LogP contribution in [0.25, 0.3) is 0 Å². The van der Waals surface area contributed by atoms with Crippen molar-refractivity contribution >= 4 is 5.91 Å². The first-order chi connectivity index (χ1) is 7.71. The molecule has 0 saturated carbocycles. The normalized spacial score (nSPS) is 9.94. The number of aryl methyl sites for hydroxylation is 1. The number of methoxy groups -OCH3 is 1. The number of hydrogen-bond acceptors (Lipinski definition) is 3. The van der Waals surface area contributed by atoms with E-state index in [2.05, 4.69) is 5.32 Å². The highest BCUT2D eigenvalue weighted by Crippen LogP contribution is 2.20. The number of carbonyl (C=O) groups is 1. The monoisotopic (exact) mass is 223 g/mol. The Morgan fingerprint density at radius 2 is 2.25 bits per heavy atom. The summed E-state index contributed by atoms with van der Waals surface area (Å²) in [6.07, 6.45) is 0.880. The van der Waals surface area contributed by atoms with Gasteiger partial charge in [0.2, 0.25) is 5.91 Å². The number of hydrogen-bond donors (Lipinski definition) is 2. The average Bonchev–Trinajstić information content (AvgIpc) is 2.35. The maximum absolute atomic E-state index is 10.9. The third-order valence-electron chi connectivity index (χ3n) is 2.36. The molecule has 1 amide bonds. The zero-order chi connectivity index (χ0) is 12.0. The Kier molecular flexibility index (Phi) is 4.79. The predicted molar refractivity (Wildman–Crippen MR) is 61.3 cm³/mol. The Morgan fingerprint density at radius 3 is 2.81 bits per heavy atom. The highest BCUT2D eigenvalue weighted by atomic mass is 16.5. The van der Waals surface area contributed by atoms with Crippen molar-refractivity contribution in [1.29, 1.82) is 0 Å². The molecule has 0 saturated heterocycles. The van der Waals surface area contributed by atoms with Gasteiger partial charge in [-0.25, -0.2) is 0 Å². The molecule has 0 unspecified atom stereocenters. The fraction of sp³-hybridized carbons (Fsp3) is 0.417. The van der Waals surface area contributed by atoms with Crippen LogP contribution in [0.1, 0.15) is 18.1 Å². The van der Waals surface area contributed by atoms with Crippen molar-refractivity contribution in [2.75, 3.05) is 13.7 Å². The average molecular weight is 223 g/mol. The summed E-state index contributed by atoms with van der Waals surface area (Å²) in [5.41, 5.74) is 2.11. The minimum atomic E-state index is -0.475. The van der Waals surface area contributed by atoms with E-state index in [1.807, 2.05) is 25.1 Å². The van der Waals surface area contributed by atoms with E-state index in [0.29, 0.717) is 6.54 Å². The molecule has 0 heterocycles. The van der Waals surface area contributed by atoms with E-state index in [1.165, 1.54) is 0 Å². The summed E-state index contributed by atoms with van der Waals surface area (Å²) in [5.74, 6) is 0.494. The number of carbonyl (C=O) groups excluding carboxylic acids is 1. The van der Waals surface area contributed by atoms with Crippen LogP contribution >= 0.6 is 0 Å². The fourth-order valence-electron chi connectivity index (χ4n) is 1.47. The van der Waals surface area contributed by atoms with Crippen molar-refractivity contribution in [2.24, 2.45) is 0 Å². The van der Waals surface area contributed by atoms with Crippen LogP contribution in [0.4, 0.5) is 0 Å². The van der Waals surface area contributed by atoms with E-state index >= 15 is 0 Å². The molecule has 88 valence electrons. The van der Waals surface area contributed by atoms with E-state index in [0.717, 1.165) is 23.3 Å². The quantitative estimate of drug-likeness (QED) is 0.778. The van der Waals surface area contributed by atoms with Crippen molar-refractivity contribution in [2.45, 2.75) is 19.9 Å².